The molecule has 1 aromatic rings. The summed E-state index contributed by atoms with van der Waals surface area (Å²) in [6.45, 7) is 12.3. The first-order valence-corrected chi connectivity index (χ1v) is 9.28. The van der Waals surface area contributed by atoms with Crippen molar-refractivity contribution >= 4 is 17.4 Å². The van der Waals surface area contributed by atoms with Gasteiger partial charge in [0.15, 0.2) is 0 Å². The Morgan fingerprint density at radius 3 is 2.61 bits per heavy atom. The molecule has 130 valence electrons. The lowest BCUT2D eigenvalue weighted by Gasteiger charge is -2.33. The van der Waals surface area contributed by atoms with Crippen LogP contribution in [-0.2, 0) is 11.3 Å². The number of nitrogens with zero attached hydrogens (tertiary/aromatic N) is 2. The highest BCUT2D eigenvalue weighted by molar-refractivity contribution is 7.09. The van der Waals surface area contributed by atoms with Crippen LogP contribution in [0, 0.1) is 0 Å². The highest BCUT2D eigenvalue weighted by Crippen LogP contribution is 2.20. The zero-order valence-electron chi connectivity index (χ0n) is 14.9. The Labute approximate surface area is 143 Å². The third-order valence-electron chi connectivity index (χ3n) is 3.78. The van der Waals surface area contributed by atoms with Crippen molar-refractivity contribution in [3.05, 3.63) is 16.1 Å². The molecule has 0 aliphatic carbocycles. The molecular weight excluding hydrogens is 310 g/mol. The zero-order chi connectivity index (χ0) is 17.0. The van der Waals surface area contributed by atoms with Crippen LogP contribution in [0.1, 0.15) is 64.1 Å². The Balaban J connectivity index is 1.73. The number of carbonyl (C=O) groups is 1. The lowest BCUT2D eigenvalue weighted by Crippen LogP contribution is -2.46. The van der Waals surface area contributed by atoms with Crippen molar-refractivity contribution in [1.82, 2.24) is 15.2 Å². The molecule has 1 saturated heterocycles. The molecule has 1 fully saturated rings. The molecule has 1 aromatic heterocycles. The van der Waals surface area contributed by atoms with Gasteiger partial charge in [0.25, 0.3) is 0 Å². The summed E-state index contributed by atoms with van der Waals surface area (Å²) < 4.78 is 5.42. The normalized spacial score (nSPS) is 16.9. The van der Waals surface area contributed by atoms with Crippen LogP contribution in [0.5, 0.6) is 0 Å². The van der Waals surface area contributed by atoms with Crippen LogP contribution in [0.15, 0.2) is 5.38 Å². The maximum Gasteiger partial charge on any atom is 0.410 e. The van der Waals surface area contributed by atoms with E-state index >= 15 is 0 Å². The van der Waals surface area contributed by atoms with Gasteiger partial charge in [-0.05, 0) is 33.6 Å². The van der Waals surface area contributed by atoms with Crippen LogP contribution >= 0.6 is 11.3 Å². The molecular formula is C17H29N3O2S. The standard InChI is InChI=1S/C17H29N3O2S/c1-12(2)15-19-14(11-23-15)10-18-13-6-8-20(9-7-13)16(21)22-17(3,4)5/h11-13,18H,6-10H2,1-5H3. The van der Waals surface area contributed by atoms with Crippen molar-refractivity contribution in [2.75, 3.05) is 13.1 Å². The first-order chi connectivity index (χ1) is 10.7. The highest BCUT2D eigenvalue weighted by Gasteiger charge is 2.26. The van der Waals surface area contributed by atoms with Crippen molar-refractivity contribution in [1.29, 1.82) is 0 Å². The minimum atomic E-state index is -0.426. The van der Waals surface area contributed by atoms with E-state index in [1.54, 1.807) is 11.3 Å². The molecule has 0 bridgehead atoms. The second-order valence-electron chi connectivity index (χ2n) is 7.45. The summed E-state index contributed by atoms with van der Waals surface area (Å²) in [6.07, 6.45) is 1.72. The second-order valence-corrected chi connectivity index (χ2v) is 8.34. The number of likely N-dealkylation sites (tertiary alicyclic amines) is 1. The molecule has 0 unspecified atom stereocenters. The van der Waals surface area contributed by atoms with Crippen LogP contribution < -0.4 is 5.32 Å². The van der Waals surface area contributed by atoms with Crippen LogP contribution in [0.3, 0.4) is 0 Å². The fraction of sp³-hybridized carbons (Fsp3) is 0.765. The van der Waals surface area contributed by atoms with Gasteiger partial charge in [-0.25, -0.2) is 9.78 Å². The van der Waals surface area contributed by atoms with Gasteiger partial charge < -0.3 is 15.0 Å². The number of ether oxygens (including phenoxy) is 1. The highest BCUT2D eigenvalue weighted by atomic mass is 32.1. The fourth-order valence-electron chi connectivity index (χ4n) is 2.51. The number of aromatic nitrogens is 1. The quantitative estimate of drug-likeness (QED) is 0.907. The molecule has 0 radical (unpaired) electrons. The SMILES string of the molecule is CC(C)c1nc(CNC2CCN(C(=O)OC(C)(C)C)CC2)cs1. The second kappa shape index (κ2) is 7.62. The molecule has 1 N–H and O–H groups in total. The number of nitrogens with one attached hydrogen (secondary N) is 1. The van der Waals surface area contributed by atoms with Crippen LogP contribution in [0.4, 0.5) is 4.79 Å². The smallest absolute Gasteiger partial charge is 0.410 e. The van der Waals surface area contributed by atoms with Gasteiger partial charge in [0.05, 0.1) is 10.7 Å². The number of thiazole rings is 1. The number of carbonyl (C=O) groups excluding carboxylic acids is 1. The van der Waals surface area contributed by atoms with E-state index in [-0.39, 0.29) is 6.09 Å². The average Bonchev–Trinajstić information content (AvgIpc) is 2.93. The minimum Gasteiger partial charge on any atom is -0.444 e. The number of hydrogen-bond donors (Lipinski definition) is 1. The molecule has 5 nitrogen and oxygen atoms in total. The molecule has 23 heavy (non-hydrogen) atoms. The molecule has 1 aliphatic heterocycles. The van der Waals surface area contributed by atoms with Gasteiger partial charge in [-0.1, -0.05) is 13.8 Å². The molecule has 0 aromatic carbocycles. The molecule has 6 heteroatoms. The van der Waals surface area contributed by atoms with Crippen molar-refractivity contribution in [3.63, 3.8) is 0 Å². The lowest BCUT2D eigenvalue weighted by molar-refractivity contribution is 0.0198. The number of rotatable bonds is 4. The largest absolute Gasteiger partial charge is 0.444 e. The minimum absolute atomic E-state index is 0.197. The maximum atomic E-state index is 12.0. The average molecular weight is 340 g/mol. The molecule has 1 aliphatic rings. The van der Waals surface area contributed by atoms with E-state index < -0.39 is 5.60 Å². The van der Waals surface area contributed by atoms with Crippen molar-refractivity contribution in [2.24, 2.45) is 0 Å². The summed E-state index contributed by atoms with van der Waals surface area (Å²) >= 11 is 1.73. The Bertz CT molecular complexity index is 514. The van der Waals surface area contributed by atoms with Crippen LogP contribution in [0.2, 0.25) is 0 Å². The lowest BCUT2D eigenvalue weighted by atomic mass is 10.1. The first kappa shape index (κ1) is 18.2. The van der Waals surface area contributed by atoms with Gasteiger partial charge in [-0.3, -0.25) is 0 Å². The van der Waals surface area contributed by atoms with E-state index in [1.165, 1.54) is 5.01 Å². The summed E-state index contributed by atoms with van der Waals surface area (Å²) in [5, 5.41) is 6.90. The number of amides is 1. The van der Waals surface area contributed by atoms with Gasteiger partial charge in [0, 0.05) is 37.0 Å². The number of hydrogen-bond acceptors (Lipinski definition) is 5. The van der Waals surface area contributed by atoms with E-state index in [2.05, 4.69) is 29.5 Å². The Morgan fingerprint density at radius 1 is 1.43 bits per heavy atom. The maximum absolute atomic E-state index is 12.0. The third-order valence-corrected chi connectivity index (χ3v) is 4.98. The molecule has 2 heterocycles. The monoisotopic (exact) mass is 339 g/mol. The molecule has 0 saturated carbocycles. The number of piperidine rings is 1. The van der Waals surface area contributed by atoms with E-state index in [0.717, 1.165) is 38.2 Å². The van der Waals surface area contributed by atoms with Crippen LogP contribution in [-0.4, -0.2) is 40.7 Å². The van der Waals surface area contributed by atoms with E-state index in [1.807, 2.05) is 25.7 Å². The predicted molar refractivity (Wildman–Crippen MR) is 93.9 cm³/mol. The molecule has 0 spiro atoms. The predicted octanol–water partition coefficient (Wildman–Crippen LogP) is 3.76. The third kappa shape index (κ3) is 5.77. The summed E-state index contributed by atoms with van der Waals surface area (Å²) in [7, 11) is 0. The first-order valence-electron chi connectivity index (χ1n) is 8.40. The van der Waals surface area contributed by atoms with Gasteiger partial charge in [-0.2, -0.15) is 0 Å². The van der Waals surface area contributed by atoms with E-state index in [0.29, 0.717) is 12.0 Å². The van der Waals surface area contributed by atoms with Crippen molar-refractivity contribution in [3.8, 4) is 0 Å². The van der Waals surface area contributed by atoms with E-state index in [9.17, 15) is 4.79 Å². The molecule has 0 atom stereocenters. The van der Waals surface area contributed by atoms with E-state index in [4.69, 9.17) is 4.74 Å². The summed E-state index contributed by atoms with van der Waals surface area (Å²) in [5.74, 6) is 0.491. The van der Waals surface area contributed by atoms with Gasteiger partial charge in [0.2, 0.25) is 0 Å². The Morgan fingerprint density at radius 2 is 2.09 bits per heavy atom. The van der Waals surface area contributed by atoms with Crippen molar-refractivity contribution < 1.29 is 9.53 Å². The fourth-order valence-corrected chi connectivity index (χ4v) is 3.35. The summed E-state index contributed by atoms with van der Waals surface area (Å²) in [4.78, 5) is 18.5. The van der Waals surface area contributed by atoms with Gasteiger partial charge in [-0.15, -0.1) is 11.3 Å². The Hall–Kier alpha value is -1.14. The topological polar surface area (TPSA) is 54.5 Å². The van der Waals surface area contributed by atoms with Gasteiger partial charge in [0.1, 0.15) is 5.60 Å². The van der Waals surface area contributed by atoms with Gasteiger partial charge >= 0.3 is 6.09 Å². The molecule has 2 rings (SSSR count). The summed E-state index contributed by atoms with van der Waals surface area (Å²) in [6, 6.07) is 0.442. The molecule has 1 amide bonds. The van der Waals surface area contributed by atoms with Crippen LogP contribution in [0.25, 0.3) is 0 Å². The zero-order valence-corrected chi connectivity index (χ0v) is 15.7. The van der Waals surface area contributed by atoms with Crippen molar-refractivity contribution in [2.45, 2.75) is 71.6 Å². The Kier molecular flexibility index (Phi) is 6.03. The summed E-state index contributed by atoms with van der Waals surface area (Å²) in [5.41, 5.74) is 0.693.